The van der Waals surface area contributed by atoms with E-state index in [9.17, 15) is 18.3 Å². The number of hydrogen-bond acceptors (Lipinski definition) is 2. The van der Waals surface area contributed by atoms with Crippen molar-refractivity contribution in [1.82, 2.24) is 0 Å². The maximum absolute atomic E-state index is 12.3. The average Bonchev–Trinajstić information content (AvgIpc) is 2.99. The molecule has 1 aromatic rings. The largest absolute Gasteiger partial charge is 0.573 e. The molecule has 1 aliphatic carbocycles. The molecule has 1 unspecified atom stereocenters. The van der Waals surface area contributed by atoms with Gasteiger partial charge in [0.1, 0.15) is 5.75 Å². The molecule has 0 aromatic heterocycles. The van der Waals surface area contributed by atoms with E-state index in [1.54, 1.807) is 6.07 Å². The number of halogens is 3. The van der Waals surface area contributed by atoms with Crippen LogP contribution < -0.4 is 4.74 Å². The highest BCUT2D eigenvalue weighted by Gasteiger charge is 2.38. The van der Waals surface area contributed by atoms with E-state index < -0.39 is 12.0 Å². The zero-order chi connectivity index (χ0) is 13.4. The Balaban J connectivity index is 2.25. The first-order valence-corrected chi connectivity index (χ1v) is 5.85. The summed E-state index contributed by atoms with van der Waals surface area (Å²) in [6.45, 7) is 1.53. The smallest absolute Gasteiger partial charge is 0.405 e. The summed E-state index contributed by atoms with van der Waals surface area (Å²) in [7, 11) is 0. The van der Waals surface area contributed by atoms with Crippen LogP contribution in [0.5, 0.6) is 5.75 Å². The van der Waals surface area contributed by atoms with E-state index in [1.807, 2.05) is 0 Å². The summed E-state index contributed by atoms with van der Waals surface area (Å²) in [5, 5.41) is 10.3. The van der Waals surface area contributed by atoms with E-state index in [-0.39, 0.29) is 11.3 Å². The number of para-hydroxylation sites is 1. The second-order valence-electron chi connectivity index (χ2n) is 4.97. The van der Waals surface area contributed by atoms with Gasteiger partial charge in [-0.3, -0.25) is 0 Å². The molecule has 0 bridgehead atoms. The summed E-state index contributed by atoms with van der Waals surface area (Å²) < 4.78 is 40.8. The highest BCUT2D eigenvalue weighted by Crippen LogP contribution is 2.43. The van der Waals surface area contributed by atoms with Gasteiger partial charge < -0.3 is 9.84 Å². The van der Waals surface area contributed by atoms with Crippen LogP contribution in [0.2, 0.25) is 0 Å². The molecule has 100 valence electrons. The van der Waals surface area contributed by atoms with Gasteiger partial charge in [-0.25, -0.2) is 0 Å². The van der Waals surface area contributed by atoms with Gasteiger partial charge >= 0.3 is 6.36 Å². The standard InChI is InChI=1S/C13H15F3O2/c1-12(17,8-9-6-7-9)10-4-2-3-5-11(10)18-13(14,15)16/h2-5,9,17H,6-8H2,1H3. The molecule has 0 aliphatic heterocycles. The lowest BCUT2D eigenvalue weighted by molar-refractivity contribution is -0.275. The molecule has 1 aliphatic rings. The lowest BCUT2D eigenvalue weighted by Gasteiger charge is -2.26. The molecule has 2 nitrogen and oxygen atoms in total. The molecule has 1 atom stereocenters. The Bertz CT molecular complexity index is 422. The van der Waals surface area contributed by atoms with Crippen LogP contribution in [0.3, 0.4) is 0 Å². The van der Waals surface area contributed by atoms with Gasteiger partial charge in [-0.05, 0) is 25.3 Å². The molecule has 1 N–H and O–H groups in total. The number of rotatable bonds is 4. The highest BCUT2D eigenvalue weighted by molar-refractivity contribution is 5.37. The lowest BCUT2D eigenvalue weighted by Crippen LogP contribution is -2.25. The minimum atomic E-state index is -4.74. The number of hydrogen-bond donors (Lipinski definition) is 1. The number of benzene rings is 1. The van der Waals surface area contributed by atoms with Gasteiger partial charge in [0.15, 0.2) is 0 Å². The summed E-state index contributed by atoms with van der Waals surface area (Å²) in [6.07, 6.45) is -2.23. The Morgan fingerprint density at radius 2 is 1.89 bits per heavy atom. The molecular weight excluding hydrogens is 245 g/mol. The van der Waals surface area contributed by atoms with Gasteiger partial charge in [0.2, 0.25) is 0 Å². The SMILES string of the molecule is CC(O)(CC1CC1)c1ccccc1OC(F)(F)F. The predicted molar refractivity (Wildman–Crippen MR) is 60.0 cm³/mol. The van der Waals surface area contributed by atoms with Crippen molar-refractivity contribution >= 4 is 0 Å². The monoisotopic (exact) mass is 260 g/mol. The fourth-order valence-corrected chi connectivity index (χ4v) is 2.12. The van der Waals surface area contributed by atoms with Gasteiger partial charge in [0, 0.05) is 5.56 Å². The molecule has 0 saturated heterocycles. The van der Waals surface area contributed by atoms with Gasteiger partial charge in [0.25, 0.3) is 0 Å². The number of aliphatic hydroxyl groups is 1. The molecule has 2 rings (SSSR count). The quantitative estimate of drug-likeness (QED) is 0.896. The molecule has 1 fully saturated rings. The second kappa shape index (κ2) is 4.46. The topological polar surface area (TPSA) is 29.5 Å². The third-order valence-electron chi connectivity index (χ3n) is 3.08. The van der Waals surface area contributed by atoms with Gasteiger partial charge in [-0.1, -0.05) is 31.0 Å². The Morgan fingerprint density at radius 3 is 2.44 bits per heavy atom. The number of alkyl halides is 3. The summed E-state index contributed by atoms with van der Waals surface area (Å²) in [5.74, 6) is 0.0783. The van der Waals surface area contributed by atoms with Gasteiger partial charge in [-0.2, -0.15) is 0 Å². The Labute approximate surface area is 103 Å². The van der Waals surface area contributed by atoms with Crippen LogP contribution in [-0.2, 0) is 5.60 Å². The lowest BCUT2D eigenvalue weighted by atomic mass is 9.89. The Morgan fingerprint density at radius 1 is 1.28 bits per heavy atom. The van der Waals surface area contributed by atoms with Crippen LogP contribution >= 0.6 is 0 Å². The third-order valence-corrected chi connectivity index (χ3v) is 3.08. The summed E-state index contributed by atoms with van der Waals surface area (Å²) in [4.78, 5) is 0. The van der Waals surface area contributed by atoms with E-state index in [0.717, 1.165) is 12.8 Å². The van der Waals surface area contributed by atoms with Crippen molar-refractivity contribution in [2.75, 3.05) is 0 Å². The maximum Gasteiger partial charge on any atom is 0.573 e. The van der Waals surface area contributed by atoms with Gasteiger partial charge in [-0.15, -0.1) is 13.2 Å². The first-order chi connectivity index (χ1) is 8.28. The summed E-state index contributed by atoms with van der Waals surface area (Å²) >= 11 is 0. The zero-order valence-corrected chi connectivity index (χ0v) is 10.00. The van der Waals surface area contributed by atoms with Crippen molar-refractivity contribution in [1.29, 1.82) is 0 Å². The fourth-order valence-electron chi connectivity index (χ4n) is 2.12. The van der Waals surface area contributed by atoms with E-state index >= 15 is 0 Å². The molecule has 0 radical (unpaired) electrons. The van der Waals surface area contributed by atoms with Crippen LogP contribution in [0, 0.1) is 5.92 Å². The van der Waals surface area contributed by atoms with Crippen molar-refractivity contribution in [2.45, 2.75) is 38.1 Å². The zero-order valence-electron chi connectivity index (χ0n) is 10.00. The van der Waals surface area contributed by atoms with Crippen LogP contribution in [0.15, 0.2) is 24.3 Å². The summed E-state index contributed by atoms with van der Waals surface area (Å²) in [6, 6.07) is 5.76. The van der Waals surface area contributed by atoms with Crippen molar-refractivity contribution in [3.8, 4) is 5.75 Å². The second-order valence-corrected chi connectivity index (χ2v) is 4.97. The maximum atomic E-state index is 12.3. The molecule has 1 aromatic carbocycles. The van der Waals surface area contributed by atoms with E-state index in [4.69, 9.17) is 0 Å². The molecular formula is C13H15F3O2. The van der Waals surface area contributed by atoms with Crippen LogP contribution in [0.4, 0.5) is 13.2 Å². The van der Waals surface area contributed by atoms with E-state index in [2.05, 4.69) is 4.74 Å². The Kier molecular flexibility index (Phi) is 3.27. The van der Waals surface area contributed by atoms with Crippen molar-refractivity contribution in [3.05, 3.63) is 29.8 Å². The minimum absolute atomic E-state index is 0.189. The molecule has 5 heteroatoms. The molecule has 0 heterocycles. The van der Waals surface area contributed by atoms with Gasteiger partial charge in [0.05, 0.1) is 5.60 Å². The van der Waals surface area contributed by atoms with Crippen molar-refractivity contribution in [2.24, 2.45) is 5.92 Å². The fraction of sp³-hybridized carbons (Fsp3) is 0.538. The normalized spacial score (nSPS) is 19.4. The predicted octanol–water partition coefficient (Wildman–Crippen LogP) is 3.59. The Hall–Kier alpha value is -1.23. The first kappa shape index (κ1) is 13.2. The highest BCUT2D eigenvalue weighted by atomic mass is 19.4. The molecule has 1 saturated carbocycles. The first-order valence-electron chi connectivity index (χ1n) is 5.85. The van der Waals surface area contributed by atoms with Crippen LogP contribution in [0.25, 0.3) is 0 Å². The molecule has 18 heavy (non-hydrogen) atoms. The minimum Gasteiger partial charge on any atom is -0.405 e. The summed E-state index contributed by atoms with van der Waals surface area (Å²) in [5.41, 5.74) is -1.10. The van der Waals surface area contributed by atoms with Crippen LogP contribution in [-0.4, -0.2) is 11.5 Å². The van der Waals surface area contributed by atoms with Crippen molar-refractivity contribution < 1.29 is 23.0 Å². The number of ether oxygens (including phenoxy) is 1. The third kappa shape index (κ3) is 3.38. The molecule has 0 amide bonds. The van der Waals surface area contributed by atoms with E-state index in [0.29, 0.717) is 12.3 Å². The van der Waals surface area contributed by atoms with Crippen molar-refractivity contribution in [3.63, 3.8) is 0 Å². The van der Waals surface area contributed by atoms with Crippen LogP contribution in [0.1, 0.15) is 31.7 Å². The van der Waals surface area contributed by atoms with E-state index in [1.165, 1.54) is 25.1 Å². The molecule has 0 spiro atoms. The average molecular weight is 260 g/mol.